The molecule has 8 atom stereocenters. The highest BCUT2D eigenvalue weighted by molar-refractivity contribution is 6.07. The Morgan fingerprint density at radius 3 is 2.42 bits per heavy atom. The number of amides is 3. The Hall–Kier alpha value is -6.08. The third kappa shape index (κ3) is 12.5. The fourth-order valence-corrected chi connectivity index (χ4v) is 11.1. The molecule has 3 aliphatic rings. The number of imidazole rings is 2. The highest BCUT2D eigenvalue weighted by Gasteiger charge is 2.41. The van der Waals surface area contributed by atoms with Gasteiger partial charge >= 0.3 is 12.1 Å². The predicted molar refractivity (Wildman–Crippen MR) is 277 cm³/mol. The summed E-state index contributed by atoms with van der Waals surface area (Å²) >= 11 is 0. The molecule has 5 heterocycles. The first-order valence-corrected chi connectivity index (χ1v) is 26.0. The van der Waals surface area contributed by atoms with Crippen molar-refractivity contribution < 1.29 is 47.6 Å². The zero-order valence-electron chi connectivity index (χ0n) is 43.8. The van der Waals surface area contributed by atoms with Crippen LogP contribution in [0.1, 0.15) is 122 Å². The number of nitrogens with one attached hydrogen (secondary N) is 5. The molecule has 2 aromatic heterocycles. The highest BCUT2D eigenvalue weighted by Crippen LogP contribution is 2.44. The number of aromatic nitrogens is 4. The van der Waals surface area contributed by atoms with Crippen LogP contribution in [0.2, 0.25) is 0 Å². The molecule has 5 aromatic rings. The Morgan fingerprint density at radius 2 is 1.70 bits per heavy atom. The van der Waals surface area contributed by atoms with Crippen LogP contribution in [-0.4, -0.2) is 126 Å². The Bertz CT molecular complexity index is 2730. The molecular formula is C55H74N8O10. The number of methoxy groups -OCH3 is 3. The summed E-state index contributed by atoms with van der Waals surface area (Å²) in [5.41, 5.74) is 6.43. The van der Waals surface area contributed by atoms with Crippen LogP contribution in [0, 0.1) is 11.8 Å². The van der Waals surface area contributed by atoms with Gasteiger partial charge in [0.2, 0.25) is 11.8 Å². The average molecular weight is 1010 g/mol. The number of fused-ring (bicyclic) bond motifs is 6. The topological polar surface area (TPSA) is 220 Å². The third-order valence-corrected chi connectivity index (χ3v) is 14.5. The molecular weight excluding hydrogens is 933 g/mol. The van der Waals surface area contributed by atoms with E-state index < -0.39 is 30.2 Å². The first-order chi connectivity index (χ1) is 35.2. The normalized spacial score (nSPS) is 21.2. The van der Waals surface area contributed by atoms with Crippen LogP contribution < -0.4 is 20.7 Å². The Balaban J connectivity index is 1.02. The molecule has 3 aromatic carbocycles. The molecule has 18 nitrogen and oxygen atoms in total. The first kappa shape index (κ1) is 53.2. The van der Waals surface area contributed by atoms with E-state index in [9.17, 15) is 19.2 Å². The number of benzene rings is 3. The van der Waals surface area contributed by atoms with Crippen molar-refractivity contribution in [2.45, 2.75) is 148 Å². The van der Waals surface area contributed by atoms with Gasteiger partial charge in [0.1, 0.15) is 30.0 Å². The van der Waals surface area contributed by atoms with E-state index in [1.54, 1.807) is 13.3 Å². The van der Waals surface area contributed by atoms with Gasteiger partial charge in [-0.3, -0.25) is 19.7 Å². The summed E-state index contributed by atoms with van der Waals surface area (Å²) in [6.07, 6.45) is 6.52. The fourth-order valence-electron chi connectivity index (χ4n) is 11.1. The molecule has 3 amide bonds. The fraction of sp³-hybridized carbons (Fsp3) is 0.564. The van der Waals surface area contributed by atoms with E-state index >= 15 is 0 Å². The number of H-pyrrole nitrogens is 2. The summed E-state index contributed by atoms with van der Waals surface area (Å²) in [6, 6.07) is 12.4. The molecule has 0 spiro atoms. The standard InChI is InChI=1S/C55H74N8O10/c1-10-11-12-43(60-53(65)49(62-55(67)70-9)37-19-32(5)73-33(6)20-37)51-57-25-45(59-51)36-14-16-39-38(22-36)29-71-47-24-40-35(23-41(39)47)15-18-42-50(40)61-52(58-42)46-21-34(28-68-7)27-63(46)54(66)44(56-26-48(64)69-8)17-13-31(4)72-30(2)3/h14-16,18,22-25,30-34,37,43-44,46,49,56H,10-13,17,19-21,26-29H2,1-9H3,(H,57,59)(H,58,61)(H,60,65)(H,62,67). The zero-order valence-corrected chi connectivity index (χ0v) is 43.8. The Morgan fingerprint density at radius 1 is 0.904 bits per heavy atom. The summed E-state index contributed by atoms with van der Waals surface area (Å²) in [7, 11) is 4.31. The van der Waals surface area contributed by atoms with Gasteiger partial charge in [-0.2, -0.15) is 0 Å². The molecule has 5 N–H and O–H groups in total. The molecule has 8 rings (SSSR count). The number of ether oxygens (including phenoxy) is 6. The molecule has 0 radical (unpaired) electrons. The van der Waals surface area contributed by atoms with Crippen LogP contribution in [0.3, 0.4) is 0 Å². The number of carbonyl (C=O) groups is 4. The minimum atomic E-state index is -0.795. The molecule has 3 aliphatic heterocycles. The lowest BCUT2D eigenvalue weighted by molar-refractivity contribution is -0.140. The molecule has 8 unspecified atom stereocenters. The van der Waals surface area contributed by atoms with Gasteiger partial charge in [0.15, 0.2) is 0 Å². The SMILES string of the molecule is CCCCC(NC(=O)C(NC(=O)OC)C1CC(C)OC(C)C1)c1ncc(-c2ccc3c(c2)COc2cc4c(ccc5[nH]c(C6CC(COC)CN6C(=O)C(CCC(C)OC(C)C)NCC(=O)OC)nc54)cc2-3)[nH]1. The lowest BCUT2D eigenvalue weighted by Gasteiger charge is -2.36. The van der Waals surface area contributed by atoms with Crippen LogP contribution in [0.4, 0.5) is 4.79 Å². The number of unbranched alkanes of at least 4 members (excludes halogenated alkanes) is 1. The van der Waals surface area contributed by atoms with Gasteiger partial charge in [0, 0.05) is 30.5 Å². The van der Waals surface area contributed by atoms with E-state index in [-0.39, 0.29) is 60.7 Å². The summed E-state index contributed by atoms with van der Waals surface area (Å²) in [5, 5.41) is 11.1. The van der Waals surface area contributed by atoms with Crippen molar-refractivity contribution in [3.8, 4) is 28.1 Å². The van der Waals surface area contributed by atoms with Crippen LogP contribution >= 0.6 is 0 Å². The van der Waals surface area contributed by atoms with Gasteiger partial charge in [-0.25, -0.2) is 14.8 Å². The number of carbonyl (C=O) groups excluding carboxylic acids is 4. The van der Waals surface area contributed by atoms with Crippen molar-refractivity contribution in [2.75, 3.05) is 41.0 Å². The second-order valence-corrected chi connectivity index (χ2v) is 20.4. The number of aromatic amines is 2. The maximum absolute atomic E-state index is 14.6. The van der Waals surface area contributed by atoms with Crippen molar-refractivity contribution in [1.82, 2.24) is 40.8 Å². The molecule has 0 bridgehead atoms. The van der Waals surface area contributed by atoms with Crippen LogP contribution in [-0.2, 0) is 44.7 Å². The lowest BCUT2D eigenvalue weighted by Crippen LogP contribution is -2.54. The van der Waals surface area contributed by atoms with E-state index in [0.29, 0.717) is 69.9 Å². The van der Waals surface area contributed by atoms with Gasteiger partial charge in [-0.15, -0.1) is 0 Å². The van der Waals surface area contributed by atoms with Gasteiger partial charge in [-0.05, 0) is 125 Å². The van der Waals surface area contributed by atoms with Crippen LogP contribution in [0.25, 0.3) is 44.2 Å². The van der Waals surface area contributed by atoms with E-state index in [2.05, 4.69) is 69.2 Å². The molecule has 18 heteroatoms. The van der Waals surface area contributed by atoms with Crippen molar-refractivity contribution in [1.29, 1.82) is 0 Å². The van der Waals surface area contributed by atoms with Crippen LogP contribution in [0.15, 0.2) is 48.7 Å². The first-order valence-electron chi connectivity index (χ1n) is 26.0. The van der Waals surface area contributed by atoms with E-state index in [4.69, 9.17) is 38.4 Å². The molecule has 2 saturated heterocycles. The van der Waals surface area contributed by atoms with Crippen molar-refractivity contribution in [3.05, 3.63) is 65.9 Å². The van der Waals surface area contributed by atoms with Gasteiger partial charge < -0.3 is 53.9 Å². The highest BCUT2D eigenvalue weighted by atomic mass is 16.5. The second kappa shape index (κ2) is 23.9. The number of hydrogen-bond acceptors (Lipinski definition) is 13. The summed E-state index contributed by atoms with van der Waals surface area (Å²) in [4.78, 5) is 72.3. The minimum Gasteiger partial charge on any atom is -0.488 e. The quantitative estimate of drug-likeness (QED) is 0.0438. The van der Waals surface area contributed by atoms with Gasteiger partial charge in [0.25, 0.3) is 0 Å². The lowest BCUT2D eigenvalue weighted by atomic mass is 9.85. The summed E-state index contributed by atoms with van der Waals surface area (Å²) in [6.45, 7) is 13.3. The zero-order chi connectivity index (χ0) is 51.9. The minimum absolute atomic E-state index is 0.0469. The van der Waals surface area contributed by atoms with E-state index in [1.165, 1.54) is 14.2 Å². The molecule has 0 aliphatic carbocycles. The number of likely N-dealkylation sites (tertiary alicyclic amines) is 1. The van der Waals surface area contributed by atoms with Crippen molar-refractivity contribution >= 4 is 45.7 Å². The second-order valence-electron chi connectivity index (χ2n) is 20.4. The maximum Gasteiger partial charge on any atom is 0.407 e. The largest absolute Gasteiger partial charge is 0.488 e. The predicted octanol–water partition coefficient (Wildman–Crippen LogP) is 8.20. The van der Waals surface area contributed by atoms with Crippen molar-refractivity contribution in [2.24, 2.45) is 11.8 Å². The van der Waals surface area contributed by atoms with Crippen LogP contribution in [0.5, 0.6) is 5.75 Å². The Labute approximate surface area is 427 Å². The third-order valence-electron chi connectivity index (χ3n) is 14.5. The summed E-state index contributed by atoms with van der Waals surface area (Å²) < 4.78 is 33.9. The molecule has 0 saturated carbocycles. The number of rotatable bonds is 21. The van der Waals surface area contributed by atoms with Gasteiger partial charge in [-0.1, -0.05) is 38.0 Å². The average Bonchev–Trinajstić information content (AvgIpc) is 4.15. The molecule has 394 valence electrons. The Kier molecular flexibility index (Phi) is 17.4. The monoisotopic (exact) mass is 1010 g/mol. The number of alkyl carbamates (subject to hydrolysis) is 1. The summed E-state index contributed by atoms with van der Waals surface area (Å²) in [5.74, 6) is 1.20. The molecule has 73 heavy (non-hydrogen) atoms. The van der Waals surface area contributed by atoms with E-state index in [0.717, 1.165) is 68.3 Å². The van der Waals surface area contributed by atoms with Crippen molar-refractivity contribution in [3.63, 3.8) is 0 Å². The number of hydrogen-bond donors (Lipinski definition) is 5. The van der Waals surface area contributed by atoms with Gasteiger partial charge in [0.05, 0.1) is 92.8 Å². The maximum atomic E-state index is 14.6. The number of nitrogens with zero attached hydrogens (tertiary/aromatic N) is 3. The van der Waals surface area contributed by atoms with E-state index in [1.807, 2.05) is 45.6 Å². The molecule has 2 fully saturated rings. The number of esters is 1. The smallest absolute Gasteiger partial charge is 0.407 e.